The number of hydrogen-bond donors (Lipinski definition) is 0. The Labute approximate surface area is 112 Å². The van der Waals surface area contributed by atoms with E-state index in [1.54, 1.807) is 0 Å². The van der Waals surface area contributed by atoms with Crippen LogP contribution in [0, 0.1) is 6.92 Å². The first-order valence-corrected chi connectivity index (χ1v) is 6.33. The molecule has 0 radical (unpaired) electrons. The van der Waals surface area contributed by atoms with Crippen molar-refractivity contribution in [1.29, 1.82) is 0 Å². The van der Waals surface area contributed by atoms with Gasteiger partial charge in [-0.3, -0.25) is 4.98 Å². The van der Waals surface area contributed by atoms with Crippen LogP contribution in [0.2, 0.25) is 0 Å². The number of anilines is 1. The van der Waals surface area contributed by atoms with Crippen molar-refractivity contribution in [2.24, 2.45) is 0 Å². The molecule has 0 unspecified atom stereocenters. The van der Waals surface area contributed by atoms with Gasteiger partial charge in [-0.1, -0.05) is 18.2 Å². The summed E-state index contributed by atoms with van der Waals surface area (Å²) in [5, 5.41) is 1.15. The zero-order valence-corrected chi connectivity index (χ0v) is 11.1. The number of fused-ring (bicyclic) bond motifs is 1. The molecule has 0 aliphatic rings. The Morgan fingerprint density at radius 1 is 1.16 bits per heavy atom. The maximum Gasteiger partial charge on any atom is 0.134 e. The summed E-state index contributed by atoms with van der Waals surface area (Å²) in [6.45, 7) is 2.75. The first kappa shape index (κ1) is 11.8. The van der Waals surface area contributed by atoms with Crippen LogP contribution in [-0.2, 0) is 6.54 Å². The highest BCUT2D eigenvalue weighted by molar-refractivity contribution is 5.77. The molecule has 0 fully saturated rings. The van der Waals surface area contributed by atoms with Gasteiger partial charge in [0, 0.05) is 30.0 Å². The molecule has 2 heterocycles. The fraction of sp³-hybridized carbons (Fsp3) is 0.188. The molecule has 0 amide bonds. The van der Waals surface area contributed by atoms with Crippen LogP contribution in [0.15, 0.2) is 53.1 Å². The van der Waals surface area contributed by atoms with E-state index in [9.17, 15) is 0 Å². The first-order valence-electron chi connectivity index (χ1n) is 6.33. The van der Waals surface area contributed by atoms with Gasteiger partial charge in [0.2, 0.25) is 0 Å². The van der Waals surface area contributed by atoms with E-state index < -0.39 is 0 Å². The second-order valence-electron chi connectivity index (χ2n) is 4.76. The van der Waals surface area contributed by atoms with E-state index in [0.717, 1.165) is 34.7 Å². The Morgan fingerprint density at radius 3 is 2.79 bits per heavy atom. The number of pyridine rings is 1. The topological polar surface area (TPSA) is 29.3 Å². The van der Waals surface area contributed by atoms with E-state index in [4.69, 9.17) is 4.42 Å². The molecule has 0 aliphatic carbocycles. The lowest BCUT2D eigenvalue weighted by molar-refractivity contribution is 0.546. The lowest BCUT2D eigenvalue weighted by atomic mass is 10.2. The SMILES string of the molecule is Cc1cc(N(C)Cc2cc3ccccc3o2)ccn1. The summed E-state index contributed by atoms with van der Waals surface area (Å²) in [5.41, 5.74) is 3.11. The van der Waals surface area contributed by atoms with Gasteiger partial charge in [0.05, 0.1) is 6.54 Å². The van der Waals surface area contributed by atoms with Gasteiger partial charge in [0.25, 0.3) is 0 Å². The van der Waals surface area contributed by atoms with Gasteiger partial charge in [-0.2, -0.15) is 0 Å². The zero-order valence-electron chi connectivity index (χ0n) is 11.1. The number of furan rings is 1. The third-order valence-corrected chi connectivity index (χ3v) is 3.19. The summed E-state index contributed by atoms with van der Waals surface area (Å²) in [6.07, 6.45) is 1.83. The van der Waals surface area contributed by atoms with Gasteiger partial charge >= 0.3 is 0 Å². The molecule has 96 valence electrons. The average Bonchev–Trinajstić information content (AvgIpc) is 2.80. The second-order valence-corrected chi connectivity index (χ2v) is 4.76. The maximum absolute atomic E-state index is 5.83. The van der Waals surface area contributed by atoms with Crippen molar-refractivity contribution in [3.8, 4) is 0 Å². The zero-order chi connectivity index (χ0) is 13.2. The standard InChI is InChI=1S/C16H16N2O/c1-12-9-14(7-8-17-12)18(2)11-15-10-13-5-3-4-6-16(13)19-15/h3-10H,11H2,1-2H3. The van der Waals surface area contributed by atoms with Crippen LogP contribution in [0.3, 0.4) is 0 Å². The number of nitrogens with zero attached hydrogens (tertiary/aromatic N) is 2. The third kappa shape index (κ3) is 2.45. The largest absolute Gasteiger partial charge is 0.459 e. The van der Waals surface area contributed by atoms with Crippen LogP contribution in [0.4, 0.5) is 5.69 Å². The molecule has 2 aromatic heterocycles. The van der Waals surface area contributed by atoms with Crippen LogP contribution in [0.5, 0.6) is 0 Å². The highest BCUT2D eigenvalue weighted by Crippen LogP contribution is 2.22. The van der Waals surface area contributed by atoms with Crippen molar-refractivity contribution in [3.63, 3.8) is 0 Å². The van der Waals surface area contributed by atoms with Crippen LogP contribution in [0.25, 0.3) is 11.0 Å². The summed E-state index contributed by atoms with van der Waals surface area (Å²) in [4.78, 5) is 6.37. The normalized spacial score (nSPS) is 10.8. The highest BCUT2D eigenvalue weighted by atomic mass is 16.3. The third-order valence-electron chi connectivity index (χ3n) is 3.19. The summed E-state index contributed by atoms with van der Waals surface area (Å²) in [5.74, 6) is 0.971. The maximum atomic E-state index is 5.83. The molecular formula is C16H16N2O. The molecule has 0 N–H and O–H groups in total. The number of para-hydroxylation sites is 1. The quantitative estimate of drug-likeness (QED) is 0.710. The van der Waals surface area contributed by atoms with Crippen molar-refractivity contribution in [2.75, 3.05) is 11.9 Å². The van der Waals surface area contributed by atoms with Gasteiger partial charge in [0.1, 0.15) is 11.3 Å². The number of hydrogen-bond acceptors (Lipinski definition) is 3. The van der Waals surface area contributed by atoms with Crippen LogP contribution in [-0.4, -0.2) is 12.0 Å². The number of aryl methyl sites for hydroxylation is 1. The minimum atomic E-state index is 0.748. The Bertz CT molecular complexity index is 670. The van der Waals surface area contributed by atoms with Crippen molar-refractivity contribution in [1.82, 2.24) is 4.98 Å². The monoisotopic (exact) mass is 252 g/mol. The predicted molar refractivity (Wildman–Crippen MR) is 77.3 cm³/mol. The molecule has 0 aliphatic heterocycles. The van der Waals surface area contributed by atoms with E-state index in [1.165, 1.54) is 0 Å². The molecule has 19 heavy (non-hydrogen) atoms. The number of rotatable bonds is 3. The average molecular weight is 252 g/mol. The van der Waals surface area contributed by atoms with E-state index in [0.29, 0.717) is 0 Å². The molecule has 3 rings (SSSR count). The second kappa shape index (κ2) is 4.76. The van der Waals surface area contributed by atoms with Crippen LogP contribution >= 0.6 is 0 Å². The van der Waals surface area contributed by atoms with Crippen molar-refractivity contribution < 1.29 is 4.42 Å². The lowest BCUT2D eigenvalue weighted by Crippen LogP contribution is -2.16. The smallest absolute Gasteiger partial charge is 0.134 e. The number of benzene rings is 1. The van der Waals surface area contributed by atoms with E-state index in [-0.39, 0.29) is 0 Å². The Kier molecular flexibility index (Phi) is 2.95. The Morgan fingerprint density at radius 2 is 2.00 bits per heavy atom. The molecule has 0 saturated heterocycles. The summed E-state index contributed by atoms with van der Waals surface area (Å²) in [7, 11) is 2.06. The summed E-state index contributed by atoms with van der Waals surface area (Å²) in [6, 6.07) is 14.3. The molecule has 1 aromatic carbocycles. The van der Waals surface area contributed by atoms with Crippen molar-refractivity contribution in [3.05, 3.63) is 60.1 Å². The lowest BCUT2D eigenvalue weighted by Gasteiger charge is -2.17. The van der Waals surface area contributed by atoms with Crippen molar-refractivity contribution >= 4 is 16.7 Å². The molecule has 3 aromatic rings. The van der Waals surface area contributed by atoms with Gasteiger partial charge < -0.3 is 9.32 Å². The Balaban J connectivity index is 1.84. The fourth-order valence-electron chi connectivity index (χ4n) is 2.21. The molecule has 0 spiro atoms. The summed E-state index contributed by atoms with van der Waals surface area (Å²) < 4.78 is 5.83. The molecule has 3 nitrogen and oxygen atoms in total. The first-order chi connectivity index (χ1) is 9.22. The fourth-order valence-corrected chi connectivity index (χ4v) is 2.21. The van der Waals surface area contributed by atoms with Gasteiger partial charge in [0.15, 0.2) is 0 Å². The van der Waals surface area contributed by atoms with Crippen LogP contribution < -0.4 is 4.90 Å². The van der Waals surface area contributed by atoms with Gasteiger partial charge in [-0.05, 0) is 31.2 Å². The minimum Gasteiger partial charge on any atom is -0.459 e. The van der Waals surface area contributed by atoms with Crippen molar-refractivity contribution in [2.45, 2.75) is 13.5 Å². The molecular weight excluding hydrogens is 236 g/mol. The predicted octanol–water partition coefficient (Wildman–Crippen LogP) is 3.77. The highest BCUT2D eigenvalue weighted by Gasteiger charge is 2.07. The van der Waals surface area contributed by atoms with Gasteiger partial charge in [-0.15, -0.1) is 0 Å². The van der Waals surface area contributed by atoms with Gasteiger partial charge in [-0.25, -0.2) is 0 Å². The Hall–Kier alpha value is -2.29. The summed E-state index contributed by atoms with van der Waals surface area (Å²) >= 11 is 0. The molecule has 0 bridgehead atoms. The number of aromatic nitrogens is 1. The van der Waals surface area contributed by atoms with E-state index >= 15 is 0 Å². The molecule has 3 heteroatoms. The molecule has 0 saturated carbocycles. The van der Waals surface area contributed by atoms with E-state index in [2.05, 4.69) is 35.1 Å². The van der Waals surface area contributed by atoms with Crippen LogP contribution in [0.1, 0.15) is 11.5 Å². The minimum absolute atomic E-state index is 0.748. The van der Waals surface area contributed by atoms with E-state index in [1.807, 2.05) is 37.4 Å². The molecule has 0 atom stereocenters.